The van der Waals surface area contributed by atoms with Crippen LogP contribution < -0.4 is 16.0 Å². The van der Waals surface area contributed by atoms with Gasteiger partial charge in [0.1, 0.15) is 27.3 Å². The highest BCUT2D eigenvalue weighted by Gasteiger charge is 2.43. The lowest BCUT2D eigenvalue weighted by atomic mass is 9.81. The van der Waals surface area contributed by atoms with E-state index in [-0.39, 0.29) is 12.2 Å². The third-order valence-corrected chi connectivity index (χ3v) is 12.6. The summed E-state index contributed by atoms with van der Waals surface area (Å²) in [6.45, 7) is 17.1. The van der Waals surface area contributed by atoms with Crippen LogP contribution in [0.5, 0.6) is 0 Å². The van der Waals surface area contributed by atoms with Crippen LogP contribution in [0.15, 0.2) is 21.7 Å². The molecule has 2 aliphatic rings. The number of thiophene rings is 1. The van der Waals surface area contributed by atoms with Gasteiger partial charge in [0.25, 0.3) is 0 Å². The number of hydrogen-bond acceptors (Lipinski definition) is 7. The van der Waals surface area contributed by atoms with Crippen molar-refractivity contribution in [3.63, 3.8) is 0 Å². The maximum absolute atomic E-state index is 14.1. The molecular formula is C36H59N5O6S2. The quantitative estimate of drug-likeness (QED) is 0.151. The molecule has 6 unspecified atom stereocenters. The maximum atomic E-state index is 14.1. The molecule has 1 saturated heterocycles. The van der Waals surface area contributed by atoms with Gasteiger partial charge in [-0.15, -0.1) is 11.3 Å². The number of nitrogens with zero attached hydrogens (tertiary/aromatic N) is 2. The second kappa shape index (κ2) is 18.0. The number of aldehydes is 1. The third-order valence-electron chi connectivity index (χ3n) is 9.94. The Hall–Kier alpha value is -2.64. The zero-order valence-electron chi connectivity index (χ0n) is 30.7. The molecule has 11 nitrogen and oxygen atoms in total. The first-order valence-corrected chi connectivity index (χ1v) is 19.8. The Kier molecular flexibility index (Phi) is 15.0. The number of ketones is 1. The summed E-state index contributed by atoms with van der Waals surface area (Å²) >= 11 is 1.44. The largest absolute Gasteiger partial charge is 0.344 e. The maximum Gasteiger partial charge on any atom is 0.315 e. The summed E-state index contributed by atoms with van der Waals surface area (Å²) in [5.74, 6) is -0.689. The first-order chi connectivity index (χ1) is 23.0. The number of carbonyl (C=O) groups excluding carboxylic acids is 5. The summed E-state index contributed by atoms with van der Waals surface area (Å²) in [6, 6.07) is 0.135. The van der Waals surface area contributed by atoms with Crippen molar-refractivity contribution in [2.24, 2.45) is 22.7 Å². The van der Waals surface area contributed by atoms with E-state index in [1.807, 2.05) is 63.4 Å². The normalized spacial score (nSPS) is 20.1. The molecule has 1 aromatic rings. The van der Waals surface area contributed by atoms with E-state index in [2.05, 4.69) is 29.8 Å². The topological polar surface area (TPSA) is 145 Å². The number of likely N-dealkylation sites (tertiary alicyclic amines) is 1. The van der Waals surface area contributed by atoms with Crippen LogP contribution in [0.1, 0.15) is 107 Å². The molecule has 49 heavy (non-hydrogen) atoms. The van der Waals surface area contributed by atoms with Crippen molar-refractivity contribution in [1.29, 1.82) is 0 Å². The van der Waals surface area contributed by atoms with Crippen molar-refractivity contribution in [2.45, 2.75) is 135 Å². The van der Waals surface area contributed by atoms with Crippen LogP contribution in [0.25, 0.3) is 0 Å². The van der Waals surface area contributed by atoms with E-state index in [9.17, 15) is 28.2 Å². The minimum Gasteiger partial charge on any atom is -0.344 e. The Balaban J connectivity index is 1.74. The smallest absolute Gasteiger partial charge is 0.315 e. The van der Waals surface area contributed by atoms with Crippen LogP contribution in [0, 0.1) is 22.7 Å². The van der Waals surface area contributed by atoms with Gasteiger partial charge in [0.2, 0.25) is 17.6 Å². The highest BCUT2D eigenvalue weighted by Crippen LogP contribution is 2.31. The molecule has 3 rings (SSSR count). The van der Waals surface area contributed by atoms with Crippen molar-refractivity contribution in [1.82, 2.24) is 25.2 Å². The molecule has 0 bridgehead atoms. The predicted octanol–water partition coefficient (Wildman–Crippen LogP) is 5.07. The van der Waals surface area contributed by atoms with Gasteiger partial charge in [-0.05, 0) is 59.8 Å². The number of nitrogens with one attached hydrogen (secondary N) is 3. The number of urea groups is 1. The van der Waals surface area contributed by atoms with Crippen molar-refractivity contribution in [3.05, 3.63) is 17.5 Å². The van der Waals surface area contributed by atoms with Gasteiger partial charge in [0, 0.05) is 25.7 Å². The van der Waals surface area contributed by atoms with E-state index in [1.165, 1.54) is 16.2 Å². The summed E-state index contributed by atoms with van der Waals surface area (Å²) in [6.07, 6.45) is 6.71. The Bertz CT molecular complexity index is 1300. The van der Waals surface area contributed by atoms with E-state index in [0.29, 0.717) is 50.7 Å². The lowest BCUT2D eigenvalue weighted by Crippen LogP contribution is -2.61. The number of Topliss-reactive ketones (excluding diaryl/α,β-unsaturated/α-hetero) is 1. The SMILES string of the molecule is CCC(C)CN(CC(NC(=O)NC(C(=O)N1CCCC1C(=O)NC(CCC1CCC1)C(=O)C=O)C(C)(C)C)C(C)(C)C)S(=O)c1cccs1. The van der Waals surface area contributed by atoms with Crippen LogP contribution >= 0.6 is 11.3 Å². The summed E-state index contributed by atoms with van der Waals surface area (Å²) in [5, 5.41) is 10.7. The second-order valence-corrected chi connectivity index (χ2v) is 18.7. The third kappa shape index (κ3) is 11.7. The molecule has 1 aliphatic carbocycles. The number of rotatable bonds is 17. The van der Waals surface area contributed by atoms with Crippen LogP contribution in [0.3, 0.4) is 0 Å². The fraction of sp³-hybridized carbons (Fsp3) is 0.750. The lowest BCUT2D eigenvalue weighted by molar-refractivity contribution is -0.142. The highest BCUT2D eigenvalue weighted by molar-refractivity contribution is 7.85. The van der Waals surface area contributed by atoms with Gasteiger partial charge in [0.05, 0.1) is 6.04 Å². The van der Waals surface area contributed by atoms with Crippen LogP contribution in [0.4, 0.5) is 4.79 Å². The van der Waals surface area contributed by atoms with Crippen LogP contribution in [-0.2, 0) is 30.2 Å². The first-order valence-electron chi connectivity index (χ1n) is 17.8. The Morgan fingerprint density at radius 1 is 1.02 bits per heavy atom. The molecule has 6 atom stereocenters. The number of hydrogen-bond donors (Lipinski definition) is 3. The lowest BCUT2D eigenvalue weighted by Gasteiger charge is -2.38. The van der Waals surface area contributed by atoms with Crippen LogP contribution in [0.2, 0.25) is 0 Å². The van der Waals surface area contributed by atoms with Gasteiger partial charge in [-0.3, -0.25) is 19.2 Å². The summed E-state index contributed by atoms with van der Waals surface area (Å²) in [7, 11) is -1.39. The molecule has 13 heteroatoms. The average Bonchev–Trinajstić information content (AvgIpc) is 3.72. The van der Waals surface area contributed by atoms with Crippen molar-refractivity contribution in [2.75, 3.05) is 19.6 Å². The molecule has 3 N–H and O–H groups in total. The Labute approximate surface area is 299 Å². The molecule has 1 aliphatic heterocycles. The summed E-state index contributed by atoms with van der Waals surface area (Å²) in [5.41, 5.74) is -1.10. The minimum absolute atomic E-state index is 0.260. The van der Waals surface area contributed by atoms with E-state index in [4.69, 9.17) is 0 Å². The summed E-state index contributed by atoms with van der Waals surface area (Å²) in [4.78, 5) is 66.7. The van der Waals surface area contributed by atoms with E-state index in [0.717, 1.165) is 36.3 Å². The van der Waals surface area contributed by atoms with E-state index in [1.54, 1.807) is 0 Å². The fourth-order valence-electron chi connectivity index (χ4n) is 6.18. The molecule has 2 fully saturated rings. The fourth-order valence-corrected chi connectivity index (χ4v) is 8.57. The molecular weight excluding hydrogens is 663 g/mol. The van der Waals surface area contributed by atoms with E-state index < -0.39 is 63.7 Å². The van der Waals surface area contributed by atoms with Gasteiger partial charge >= 0.3 is 6.03 Å². The van der Waals surface area contributed by atoms with Gasteiger partial charge in [0.15, 0.2) is 6.29 Å². The monoisotopic (exact) mass is 721 g/mol. The van der Waals surface area contributed by atoms with Crippen molar-refractivity contribution >= 4 is 52.2 Å². The van der Waals surface area contributed by atoms with Crippen molar-refractivity contribution in [3.8, 4) is 0 Å². The standard InChI is InChI=1S/C36H59N5O6S2/c1-9-24(2)21-40(49(47)30-16-12-20-48-30)22-29(35(3,4)5)38-34(46)39-31(36(6,7)8)33(45)41-19-11-15-27(41)32(44)37-26(28(43)23-42)18-17-25-13-10-14-25/h12,16,20,23-27,29,31H,9-11,13-15,17-19,21-22H2,1-8H3,(H,37,44)(H2,38,39,46). The van der Waals surface area contributed by atoms with Crippen molar-refractivity contribution < 1.29 is 28.2 Å². The predicted molar refractivity (Wildman–Crippen MR) is 194 cm³/mol. The molecule has 0 spiro atoms. The molecule has 1 aromatic heterocycles. The summed E-state index contributed by atoms with van der Waals surface area (Å²) < 4.78 is 16.3. The van der Waals surface area contributed by atoms with Gasteiger partial charge < -0.3 is 20.9 Å². The van der Waals surface area contributed by atoms with Crippen LogP contribution in [-0.4, -0.2) is 87.1 Å². The molecule has 4 amide bonds. The number of carbonyl (C=O) groups is 5. The Morgan fingerprint density at radius 2 is 1.71 bits per heavy atom. The van der Waals surface area contributed by atoms with Gasteiger partial charge in [-0.25, -0.2) is 13.3 Å². The van der Waals surface area contributed by atoms with Gasteiger partial charge in [-0.1, -0.05) is 87.1 Å². The second-order valence-electron chi connectivity index (χ2n) is 16.0. The zero-order valence-corrected chi connectivity index (χ0v) is 32.3. The molecule has 0 radical (unpaired) electrons. The molecule has 276 valence electrons. The Morgan fingerprint density at radius 3 is 2.24 bits per heavy atom. The minimum atomic E-state index is -1.39. The molecule has 0 aromatic carbocycles. The zero-order chi connectivity index (χ0) is 36.5. The molecule has 2 heterocycles. The number of amides is 4. The van der Waals surface area contributed by atoms with Gasteiger partial charge in [-0.2, -0.15) is 0 Å². The first kappa shape index (κ1) is 40.8. The highest BCUT2D eigenvalue weighted by atomic mass is 32.2. The van der Waals surface area contributed by atoms with E-state index >= 15 is 0 Å². The average molecular weight is 722 g/mol. The molecule has 1 saturated carbocycles.